The molecule has 0 atom stereocenters. The van der Waals surface area contributed by atoms with E-state index >= 15 is 0 Å². The van der Waals surface area contributed by atoms with Crippen LogP contribution in [-0.2, 0) is 6.54 Å². The number of methoxy groups -OCH3 is 1. The number of ether oxygens (including phenoxy) is 2. The Balaban J connectivity index is 2.04. The van der Waals surface area contributed by atoms with E-state index in [4.69, 9.17) is 21.1 Å². The second kappa shape index (κ2) is 9.03. The second-order valence-corrected chi connectivity index (χ2v) is 5.35. The van der Waals surface area contributed by atoms with Crippen molar-refractivity contribution in [2.75, 3.05) is 26.1 Å². The van der Waals surface area contributed by atoms with Crippen LogP contribution in [0.25, 0.3) is 0 Å². The molecular formula is C18H22ClN3O2. The van der Waals surface area contributed by atoms with Gasteiger partial charge in [0.05, 0.1) is 13.7 Å². The predicted octanol–water partition coefficient (Wildman–Crippen LogP) is 3.93. The van der Waals surface area contributed by atoms with Gasteiger partial charge in [-0.05, 0) is 30.7 Å². The van der Waals surface area contributed by atoms with Crippen LogP contribution in [0.1, 0.15) is 12.5 Å². The van der Waals surface area contributed by atoms with Crippen LogP contribution in [-0.4, -0.2) is 26.7 Å². The van der Waals surface area contributed by atoms with Crippen molar-refractivity contribution in [3.05, 3.63) is 53.1 Å². The number of benzene rings is 2. The van der Waals surface area contributed by atoms with Gasteiger partial charge < -0.3 is 20.1 Å². The molecule has 2 aromatic carbocycles. The SMILES string of the molecule is CCOc1ccc(NC(=NC)NCc2ccccc2Cl)cc1OC. The Bertz CT molecular complexity index is 704. The fourth-order valence-electron chi connectivity index (χ4n) is 2.16. The minimum absolute atomic E-state index is 0.577. The van der Waals surface area contributed by atoms with Gasteiger partial charge in [0.15, 0.2) is 17.5 Å². The quantitative estimate of drug-likeness (QED) is 0.614. The van der Waals surface area contributed by atoms with Crippen molar-refractivity contribution in [1.29, 1.82) is 0 Å². The second-order valence-electron chi connectivity index (χ2n) is 4.94. The third-order valence-electron chi connectivity index (χ3n) is 3.35. The molecular weight excluding hydrogens is 326 g/mol. The fourth-order valence-corrected chi connectivity index (χ4v) is 2.36. The van der Waals surface area contributed by atoms with Crippen LogP contribution >= 0.6 is 11.6 Å². The predicted molar refractivity (Wildman–Crippen MR) is 99.4 cm³/mol. The Labute approximate surface area is 147 Å². The zero-order valence-electron chi connectivity index (χ0n) is 14.1. The highest BCUT2D eigenvalue weighted by Crippen LogP contribution is 2.30. The molecule has 6 heteroatoms. The zero-order valence-corrected chi connectivity index (χ0v) is 14.9. The maximum atomic E-state index is 6.17. The minimum Gasteiger partial charge on any atom is -0.493 e. The molecule has 0 aromatic heterocycles. The van der Waals surface area contributed by atoms with Gasteiger partial charge in [0.1, 0.15) is 0 Å². The monoisotopic (exact) mass is 347 g/mol. The van der Waals surface area contributed by atoms with Gasteiger partial charge in [-0.3, -0.25) is 4.99 Å². The van der Waals surface area contributed by atoms with Crippen molar-refractivity contribution >= 4 is 23.2 Å². The van der Waals surface area contributed by atoms with Crippen LogP contribution in [0.2, 0.25) is 5.02 Å². The maximum absolute atomic E-state index is 6.17. The summed E-state index contributed by atoms with van der Waals surface area (Å²) in [5.74, 6) is 2.02. The standard InChI is InChI=1S/C18H22ClN3O2/c1-4-24-16-10-9-14(11-17(16)23-3)22-18(20-2)21-12-13-7-5-6-8-15(13)19/h5-11H,4,12H2,1-3H3,(H2,20,21,22). The molecule has 0 aliphatic heterocycles. The minimum atomic E-state index is 0.577. The number of rotatable bonds is 6. The molecule has 2 N–H and O–H groups in total. The molecule has 0 spiro atoms. The maximum Gasteiger partial charge on any atom is 0.195 e. The van der Waals surface area contributed by atoms with E-state index in [2.05, 4.69) is 15.6 Å². The summed E-state index contributed by atoms with van der Waals surface area (Å²) in [7, 11) is 3.33. The van der Waals surface area contributed by atoms with Crippen LogP contribution in [0.15, 0.2) is 47.5 Å². The van der Waals surface area contributed by atoms with Crippen molar-refractivity contribution in [3.63, 3.8) is 0 Å². The number of nitrogens with one attached hydrogen (secondary N) is 2. The van der Waals surface area contributed by atoms with Crippen LogP contribution < -0.4 is 20.1 Å². The topological polar surface area (TPSA) is 54.9 Å². The molecule has 24 heavy (non-hydrogen) atoms. The molecule has 0 saturated heterocycles. The van der Waals surface area contributed by atoms with E-state index in [0.29, 0.717) is 30.6 Å². The lowest BCUT2D eigenvalue weighted by molar-refractivity contribution is 0.311. The molecule has 2 rings (SSSR count). The van der Waals surface area contributed by atoms with Crippen molar-refractivity contribution in [2.45, 2.75) is 13.5 Å². The number of hydrogen-bond donors (Lipinski definition) is 2. The van der Waals surface area contributed by atoms with Crippen LogP contribution in [0.3, 0.4) is 0 Å². The highest BCUT2D eigenvalue weighted by Gasteiger charge is 2.07. The van der Waals surface area contributed by atoms with Gasteiger partial charge in [0, 0.05) is 30.4 Å². The van der Waals surface area contributed by atoms with Gasteiger partial charge in [-0.2, -0.15) is 0 Å². The summed E-state index contributed by atoms with van der Waals surface area (Å²) in [4.78, 5) is 4.22. The van der Waals surface area contributed by atoms with E-state index < -0.39 is 0 Å². The fraction of sp³-hybridized carbons (Fsp3) is 0.278. The number of hydrogen-bond acceptors (Lipinski definition) is 3. The summed E-state index contributed by atoms with van der Waals surface area (Å²) in [6.07, 6.45) is 0. The molecule has 2 aromatic rings. The smallest absolute Gasteiger partial charge is 0.195 e. The van der Waals surface area contributed by atoms with Gasteiger partial charge in [-0.15, -0.1) is 0 Å². The van der Waals surface area contributed by atoms with Gasteiger partial charge in [0.2, 0.25) is 0 Å². The third-order valence-corrected chi connectivity index (χ3v) is 3.72. The Morgan fingerprint density at radius 2 is 1.96 bits per heavy atom. The van der Waals surface area contributed by atoms with Crippen LogP contribution in [0, 0.1) is 0 Å². The average molecular weight is 348 g/mol. The van der Waals surface area contributed by atoms with E-state index in [9.17, 15) is 0 Å². The Hall–Kier alpha value is -2.40. The first-order valence-corrected chi connectivity index (χ1v) is 8.07. The zero-order chi connectivity index (χ0) is 17.4. The third kappa shape index (κ3) is 4.80. The van der Waals surface area contributed by atoms with Gasteiger partial charge >= 0.3 is 0 Å². The molecule has 0 bridgehead atoms. The Morgan fingerprint density at radius 1 is 1.17 bits per heavy atom. The normalized spacial score (nSPS) is 11.1. The number of halogens is 1. The lowest BCUT2D eigenvalue weighted by Gasteiger charge is -2.15. The van der Waals surface area contributed by atoms with Crippen LogP contribution in [0.4, 0.5) is 5.69 Å². The van der Waals surface area contributed by atoms with E-state index in [-0.39, 0.29) is 0 Å². The van der Waals surface area contributed by atoms with Crippen molar-refractivity contribution in [1.82, 2.24) is 5.32 Å². The van der Waals surface area contributed by atoms with Crippen molar-refractivity contribution < 1.29 is 9.47 Å². The number of nitrogens with zero attached hydrogens (tertiary/aromatic N) is 1. The van der Waals surface area contributed by atoms with E-state index in [0.717, 1.165) is 16.3 Å². The van der Waals surface area contributed by atoms with Gasteiger partial charge in [0.25, 0.3) is 0 Å². The summed E-state index contributed by atoms with van der Waals surface area (Å²) in [6, 6.07) is 13.4. The summed E-state index contributed by atoms with van der Waals surface area (Å²) < 4.78 is 10.9. The first-order valence-electron chi connectivity index (χ1n) is 7.69. The first kappa shape index (κ1) is 17.9. The van der Waals surface area contributed by atoms with E-state index in [1.807, 2.05) is 49.4 Å². The molecule has 0 aliphatic rings. The number of aliphatic imine (C=N–C) groups is 1. The lowest BCUT2D eigenvalue weighted by atomic mass is 10.2. The van der Waals surface area contributed by atoms with Gasteiger partial charge in [-0.1, -0.05) is 29.8 Å². The van der Waals surface area contributed by atoms with Crippen molar-refractivity contribution in [2.24, 2.45) is 4.99 Å². The number of anilines is 1. The largest absolute Gasteiger partial charge is 0.493 e. The number of guanidine groups is 1. The van der Waals surface area contributed by atoms with Crippen LogP contribution in [0.5, 0.6) is 11.5 Å². The molecule has 0 radical (unpaired) electrons. The highest BCUT2D eigenvalue weighted by atomic mass is 35.5. The highest BCUT2D eigenvalue weighted by molar-refractivity contribution is 6.31. The molecule has 128 valence electrons. The van der Waals surface area contributed by atoms with E-state index in [1.165, 1.54) is 0 Å². The molecule has 5 nitrogen and oxygen atoms in total. The Kier molecular flexibility index (Phi) is 6.75. The van der Waals surface area contributed by atoms with E-state index in [1.54, 1.807) is 14.2 Å². The molecule has 0 unspecified atom stereocenters. The summed E-state index contributed by atoms with van der Waals surface area (Å²) in [6.45, 7) is 3.10. The molecule has 0 fully saturated rings. The average Bonchev–Trinajstić information content (AvgIpc) is 2.61. The molecule has 0 aliphatic carbocycles. The van der Waals surface area contributed by atoms with Gasteiger partial charge in [-0.25, -0.2) is 0 Å². The molecule has 0 amide bonds. The summed E-state index contributed by atoms with van der Waals surface area (Å²) >= 11 is 6.17. The molecule has 0 heterocycles. The first-order chi connectivity index (χ1) is 11.7. The lowest BCUT2D eigenvalue weighted by Crippen LogP contribution is -2.30. The van der Waals surface area contributed by atoms with Crippen molar-refractivity contribution in [3.8, 4) is 11.5 Å². The Morgan fingerprint density at radius 3 is 2.62 bits per heavy atom. The summed E-state index contributed by atoms with van der Waals surface area (Å²) in [5.41, 5.74) is 1.86. The summed E-state index contributed by atoms with van der Waals surface area (Å²) in [5, 5.41) is 7.18. The molecule has 0 saturated carbocycles.